The summed E-state index contributed by atoms with van der Waals surface area (Å²) < 4.78 is 15.9. The van der Waals surface area contributed by atoms with E-state index >= 15 is 0 Å². The average Bonchev–Trinajstić information content (AvgIpc) is 3.39. The minimum atomic E-state index is -0.0883. The third-order valence-corrected chi connectivity index (χ3v) is 4.85. The van der Waals surface area contributed by atoms with Crippen molar-refractivity contribution in [3.63, 3.8) is 0 Å². The van der Waals surface area contributed by atoms with Crippen molar-refractivity contribution in [2.45, 2.75) is 13.1 Å². The first-order valence-corrected chi connectivity index (χ1v) is 9.31. The molecule has 1 amide bonds. The minimum absolute atomic E-state index is 0.0883. The van der Waals surface area contributed by atoms with Crippen LogP contribution in [0.4, 0.5) is 0 Å². The van der Waals surface area contributed by atoms with Crippen LogP contribution < -0.4 is 9.47 Å². The highest BCUT2D eigenvalue weighted by molar-refractivity contribution is 7.09. The molecule has 0 unspecified atom stereocenters. The molecule has 0 saturated heterocycles. The van der Waals surface area contributed by atoms with Crippen LogP contribution in [-0.2, 0) is 17.9 Å². The first-order chi connectivity index (χ1) is 13.2. The Bertz CT molecular complexity index is 885. The van der Waals surface area contributed by atoms with Gasteiger partial charge in [-0.1, -0.05) is 12.1 Å². The number of hydrogen-bond acceptors (Lipinski definition) is 5. The van der Waals surface area contributed by atoms with E-state index in [0.29, 0.717) is 30.3 Å². The van der Waals surface area contributed by atoms with Crippen molar-refractivity contribution in [2.75, 3.05) is 14.2 Å². The first kappa shape index (κ1) is 18.8. The molecule has 0 aliphatic rings. The number of furan rings is 1. The summed E-state index contributed by atoms with van der Waals surface area (Å²) in [6.07, 6.45) is 4.79. The van der Waals surface area contributed by atoms with Gasteiger partial charge in [0.1, 0.15) is 5.76 Å². The Morgan fingerprint density at radius 2 is 1.96 bits per heavy atom. The summed E-state index contributed by atoms with van der Waals surface area (Å²) in [7, 11) is 3.20. The third kappa shape index (κ3) is 5.01. The van der Waals surface area contributed by atoms with Gasteiger partial charge in [0.15, 0.2) is 11.5 Å². The predicted molar refractivity (Wildman–Crippen MR) is 106 cm³/mol. The summed E-state index contributed by atoms with van der Waals surface area (Å²) in [4.78, 5) is 15.7. The fourth-order valence-electron chi connectivity index (χ4n) is 2.65. The number of rotatable bonds is 8. The van der Waals surface area contributed by atoms with Crippen LogP contribution in [0.2, 0.25) is 0 Å². The molecule has 6 heteroatoms. The Kier molecular flexibility index (Phi) is 6.33. The predicted octanol–water partition coefficient (Wildman–Crippen LogP) is 4.60. The lowest BCUT2D eigenvalue weighted by atomic mass is 10.1. The normalized spacial score (nSPS) is 10.9. The number of benzene rings is 1. The highest BCUT2D eigenvalue weighted by Crippen LogP contribution is 2.28. The lowest BCUT2D eigenvalue weighted by molar-refractivity contribution is -0.127. The summed E-state index contributed by atoms with van der Waals surface area (Å²) in [5.74, 6) is 1.86. The molecule has 27 heavy (non-hydrogen) atoms. The summed E-state index contributed by atoms with van der Waals surface area (Å²) >= 11 is 1.63. The highest BCUT2D eigenvalue weighted by Gasteiger charge is 2.14. The molecule has 140 valence electrons. The van der Waals surface area contributed by atoms with Crippen LogP contribution in [0.15, 0.2) is 64.6 Å². The second kappa shape index (κ2) is 9.09. The Hall–Kier alpha value is -2.99. The summed E-state index contributed by atoms with van der Waals surface area (Å²) in [5.41, 5.74) is 0.962. The zero-order chi connectivity index (χ0) is 19.1. The zero-order valence-electron chi connectivity index (χ0n) is 15.3. The molecule has 3 aromatic rings. The number of nitrogens with zero attached hydrogens (tertiary/aromatic N) is 1. The molecular formula is C21H21NO4S. The lowest BCUT2D eigenvalue weighted by Crippen LogP contribution is -2.28. The topological polar surface area (TPSA) is 51.9 Å². The van der Waals surface area contributed by atoms with Gasteiger partial charge in [0, 0.05) is 17.5 Å². The molecule has 0 radical (unpaired) electrons. The van der Waals surface area contributed by atoms with E-state index in [-0.39, 0.29) is 5.91 Å². The number of carbonyl (C=O) groups is 1. The summed E-state index contributed by atoms with van der Waals surface area (Å²) in [6.45, 7) is 0.993. The van der Waals surface area contributed by atoms with Gasteiger partial charge < -0.3 is 18.8 Å². The molecule has 0 aliphatic heterocycles. The van der Waals surface area contributed by atoms with Crippen molar-refractivity contribution in [1.29, 1.82) is 0 Å². The second-order valence-corrected chi connectivity index (χ2v) is 6.84. The maximum absolute atomic E-state index is 12.8. The van der Waals surface area contributed by atoms with Gasteiger partial charge in [0.05, 0.1) is 27.0 Å². The Morgan fingerprint density at radius 1 is 1.11 bits per heavy atom. The fourth-order valence-corrected chi connectivity index (χ4v) is 3.37. The molecule has 1 aromatic carbocycles. The Morgan fingerprint density at radius 3 is 2.63 bits per heavy atom. The standard InChI is InChI=1S/C21H21NO4S/c1-24-19-9-7-16(13-20(19)25-2)14-22(15-18-6-4-12-27-18)21(23)10-8-17-5-3-11-26-17/h3-13H,14-15H2,1-2H3/b10-8+. The molecule has 2 aromatic heterocycles. The number of thiophene rings is 1. The van der Waals surface area contributed by atoms with Gasteiger partial charge >= 0.3 is 0 Å². The Labute approximate surface area is 162 Å². The molecule has 0 bridgehead atoms. The largest absolute Gasteiger partial charge is 0.493 e. The van der Waals surface area contributed by atoms with Gasteiger partial charge in [-0.3, -0.25) is 4.79 Å². The maximum Gasteiger partial charge on any atom is 0.247 e. The molecule has 0 spiro atoms. The van der Waals surface area contributed by atoms with E-state index in [1.165, 1.54) is 6.08 Å². The van der Waals surface area contributed by atoms with E-state index in [1.54, 1.807) is 48.9 Å². The number of carbonyl (C=O) groups excluding carboxylic acids is 1. The first-order valence-electron chi connectivity index (χ1n) is 8.43. The molecule has 0 aliphatic carbocycles. The molecular weight excluding hydrogens is 362 g/mol. The van der Waals surface area contributed by atoms with Crippen LogP contribution >= 0.6 is 11.3 Å². The van der Waals surface area contributed by atoms with E-state index in [9.17, 15) is 4.79 Å². The van der Waals surface area contributed by atoms with Crippen LogP contribution in [0, 0.1) is 0 Å². The number of amides is 1. The molecule has 5 nitrogen and oxygen atoms in total. The van der Waals surface area contributed by atoms with Crippen molar-refractivity contribution < 1.29 is 18.7 Å². The Balaban J connectivity index is 1.80. The SMILES string of the molecule is COc1ccc(CN(Cc2cccs2)C(=O)/C=C/c2ccco2)cc1OC. The van der Waals surface area contributed by atoms with E-state index in [0.717, 1.165) is 10.4 Å². The van der Waals surface area contributed by atoms with Crippen LogP contribution in [0.25, 0.3) is 6.08 Å². The van der Waals surface area contributed by atoms with Crippen LogP contribution in [0.1, 0.15) is 16.2 Å². The van der Waals surface area contributed by atoms with Gasteiger partial charge in [0.2, 0.25) is 5.91 Å². The van der Waals surface area contributed by atoms with Crippen LogP contribution in [-0.4, -0.2) is 25.0 Å². The van der Waals surface area contributed by atoms with Crippen molar-refractivity contribution in [2.24, 2.45) is 0 Å². The van der Waals surface area contributed by atoms with Crippen molar-refractivity contribution in [1.82, 2.24) is 4.90 Å². The number of methoxy groups -OCH3 is 2. The van der Waals surface area contributed by atoms with Gasteiger partial charge in [-0.2, -0.15) is 0 Å². The molecule has 0 saturated carbocycles. The van der Waals surface area contributed by atoms with Gasteiger partial charge in [-0.25, -0.2) is 0 Å². The molecule has 2 heterocycles. The van der Waals surface area contributed by atoms with Crippen LogP contribution in [0.5, 0.6) is 11.5 Å². The lowest BCUT2D eigenvalue weighted by Gasteiger charge is -2.21. The molecule has 0 fully saturated rings. The molecule has 0 N–H and O–H groups in total. The molecule has 0 atom stereocenters. The summed E-state index contributed by atoms with van der Waals surface area (Å²) in [6, 6.07) is 13.3. The quantitative estimate of drug-likeness (QED) is 0.534. The molecule has 3 rings (SSSR count). The second-order valence-electron chi connectivity index (χ2n) is 5.81. The van der Waals surface area contributed by atoms with Crippen molar-refractivity contribution in [3.05, 3.63) is 76.4 Å². The fraction of sp³-hybridized carbons (Fsp3) is 0.190. The van der Waals surface area contributed by atoms with Crippen molar-refractivity contribution >= 4 is 23.3 Å². The number of ether oxygens (including phenoxy) is 2. The highest BCUT2D eigenvalue weighted by atomic mass is 32.1. The van der Waals surface area contributed by atoms with E-state index in [1.807, 2.05) is 41.8 Å². The average molecular weight is 383 g/mol. The van der Waals surface area contributed by atoms with E-state index in [2.05, 4.69) is 0 Å². The smallest absolute Gasteiger partial charge is 0.247 e. The van der Waals surface area contributed by atoms with E-state index < -0.39 is 0 Å². The van der Waals surface area contributed by atoms with Crippen molar-refractivity contribution in [3.8, 4) is 11.5 Å². The van der Waals surface area contributed by atoms with Gasteiger partial charge in [-0.05, 0) is 47.4 Å². The van der Waals surface area contributed by atoms with E-state index in [4.69, 9.17) is 13.9 Å². The third-order valence-electron chi connectivity index (χ3n) is 3.99. The number of hydrogen-bond donors (Lipinski definition) is 0. The van der Waals surface area contributed by atoms with Crippen LogP contribution in [0.3, 0.4) is 0 Å². The van der Waals surface area contributed by atoms with Gasteiger partial charge in [0.25, 0.3) is 0 Å². The maximum atomic E-state index is 12.8. The van der Waals surface area contributed by atoms with Gasteiger partial charge in [-0.15, -0.1) is 11.3 Å². The minimum Gasteiger partial charge on any atom is -0.493 e. The summed E-state index contributed by atoms with van der Waals surface area (Å²) in [5, 5.41) is 2.01. The monoisotopic (exact) mass is 383 g/mol. The zero-order valence-corrected chi connectivity index (χ0v) is 16.1.